The fourth-order valence-corrected chi connectivity index (χ4v) is 4.34. The first-order chi connectivity index (χ1) is 12.6. The predicted molar refractivity (Wildman–Crippen MR) is 99.0 cm³/mol. The summed E-state index contributed by atoms with van der Waals surface area (Å²) >= 11 is 0. The van der Waals surface area contributed by atoms with Crippen LogP contribution < -0.4 is 0 Å². The van der Waals surface area contributed by atoms with Crippen LogP contribution in [-0.4, -0.2) is 51.7 Å². The Hall–Kier alpha value is -2.08. The first-order valence-electron chi connectivity index (χ1n) is 9.70. The lowest BCUT2D eigenvalue weighted by atomic mass is 9.90. The fourth-order valence-electron chi connectivity index (χ4n) is 4.34. The number of rotatable bonds is 4. The number of furan rings is 1. The Bertz CT molecular complexity index is 759. The van der Waals surface area contributed by atoms with Crippen molar-refractivity contribution in [1.29, 1.82) is 0 Å². The van der Waals surface area contributed by atoms with Crippen molar-refractivity contribution < 1.29 is 9.21 Å². The number of likely N-dealkylation sites (tertiary alicyclic amines) is 1. The van der Waals surface area contributed by atoms with Crippen LogP contribution >= 0.6 is 0 Å². The van der Waals surface area contributed by atoms with Gasteiger partial charge in [0.1, 0.15) is 5.76 Å². The molecule has 1 atom stereocenters. The molecule has 6 heteroatoms. The van der Waals surface area contributed by atoms with Gasteiger partial charge in [-0.25, -0.2) is 0 Å². The molecule has 0 N–H and O–H groups in total. The number of piperidine rings is 1. The molecule has 0 bridgehead atoms. The van der Waals surface area contributed by atoms with Crippen LogP contribution in [0.4, 0.5) is 0 Å². The Labute approximate surface area is 154 Å². The van der Waals surface area contributed by atoms with E-state index < -0.39 is 0 Å². The SMILES string of the molecule is CN(Cc1ccco1)[C@H]1CCc2c(c(C(=O)N3CCCCC3)nn2C)C1. The summed E-state index contributed by atoms with van der Waals surface area (Å²) in [5.74, 6) is 1.10. The highest BCUT2D eigenvalue weighted by Crippen LogP contribution is 2.28. The van der Waals surface area contributed by atoms with Crippen LogP contribution in [-0.2, 0) is 26.4 Å². The monoisotopic (exact) mass is 356 g/mol. The highest BCUT2D eigenvalue weighted by molar-refractivity contribution is 5.94. The minimum Gasteiger partial charge on any atom is -0.468 e. The molecule has 1 amide bonds. The lowest BCUT2D eigenvalue weighted by Gasteiger charge is -2.31. The Morgan fingerprint density at radius 1 is 1.35 bits per heavy atom. The van der Waals surface area contributed by atoms with Crippen molar-refractivity contribution in [2.45, 2.75) is 51.1 Å². The molecule has 140 valence electrons. The summed E-state index contributed by atoms with van der Waals surface area (Å²) in [6, 6.07) is 4.35. The third-order valence-corrected chi connectivity index (χ3v) is 5.88. The largest absolute Gasteiger partial charge is 0.468 e. The number of carbonyl (C=O) groups excluding carboxylic acids is 1. The van der Waals surface area contributed by atoms with E-state index in [0.717, 1.165) is 63.1 Å². The number of amides is 1. The lowest BCUT2D eigenvalue weighted by Crippen LogP contribution is -2.38. The van der Waals surface area contributed by atoms with E-state index in [-0.39, 0.29) is 5.91 Å². The normalized spacial score (nSPS) is 20.4. The van der Waals surface area contributed by atoms with Gasteiger partial charge < -0.3 is 9.32 Å². The topological polar surface area (TPSA) is 54.5 Å². The molecule has 3 heterocycles. The smallest absolute Gasteiger partial charge is 0.274 e. The predicted octanol–water partition coefficient (Wildman–Crippen LogP) is 2.63. The fraction of sp³-hybridized carbons (Fsp3) is 0.600. The van der Waals surface area contributed by atoms with E-state index >= 15 is 0 Å². The zero-order valence-corrected chi connectivity index (χ0v) is 15.8. The van der Waals surface area contributed by atoms with E-state index in [1.54, 1.807) is 6.26 Å². The Morgan fingerprint density at radius 2 is 2.15 bits per heavy atom. The number of aryl methyl sites for hydroxylation is 1. The number of carbonyl (C=O) groups is 1. The standard InChI is InChI=1S/C20H28N4O2/c1-22(14-16-7-6-12-26-16)15-8-9-18-17(13-15)19(21-23(18)2)20(25)24-10-4-3-5-11-24/h6-7,12,15H,3-5,8-11,13-14H2,1-2H3/t15-/m0/s1. The second-order valence-corrected chi connectivity index (χ2v) is 7.64. The van der Waals surface area contributed by atoms with Crippen molar-refractivity contribution >= 4 is 5.91 Å². The van der Waals surface area contributed by atoms with Crippen molar-refractivity contribution in [1.82, 2.24) is 19.6 Å². The van der Waals surface area contributed by atoms with Gasteiger partial charge in [-0.15, -0.1) is 0 Å². The Kier molecular flexibility index (Phi) is 4.85. The zero-order chi connectivity index (χ0) is 18.1. The number of nitrogens with zero attached hydrogens (tertiary/aromatic N) is 4. The van der Waals surface area contributed by atoms with Crippen LogP contribution in [0.2, 0.25) is 0 Å². The minimum absolute atomic E-state index is 0.121. The van der Waals surface area contributed by atoms with E-state index in [9.17, 15) is 4.79 Å². The first kappa shape index (κ1) is 17.3. The van der Waals surface area contributed by atoms with Gasteiger partial charge in [0.05, 0.1) is 12.8 Å². The Morgan fingerprint density at radius 3 is 2.88 bits per heavy atom. The molecule has 0 spiro atoms. The molecule has 2 aliphatic rings. The highest BCUT2D eigenvalue weighted by Gasteiger charge is 2.32. The molecule has 1 fully saturated rings. The van der Waals surface area contributed by atoms with Gasteiger partial charge in [-0.05, 0) is 57.7 Å². The number of hydrogen-bond donors (Lipinski definition) is 0. The van der Waals surface area contributed by atoms with Gasteiger partial charge in [0.25, 0.3) is 5.91 Å². The molecule has 1 aliphatic carbocycles. The van der Waals surface area contributed by atoms with Crippen molar-refractivity contribution in [2.75, 3.05) is 20.1 Å². The van der Waals surface area contributed by atoms with Crippen LogP contribution in [0.3, 0.4) is 0 Å². The summed E-state index contributed by atoms with van der Waals surface area (Å²) in [6.07, 6.45) is 8.10. The van der Waals surface area contributed by atoms with Crippen molar-refractivity contribution in [2.24, 2.45) is 7.05 Å². The second-order valence-electron chi connectivity index (χ2n) is 7.64. The molecule has 0 unspecified atom stereocenters. The van der Waals surface area contributed by atoms with Crippen molar-refractivity contribution in [3.8, 4) is 0 Å². The maximum atomic E-state index is 13.0. The molecule has 26 heavy (non-hydrogen) atoms. The number of likely N-dealkylation sites (N-methyl/N-ethyl adjacent to an activating group) is 1. The lowest BCUT2D eigenvalue weighted by molar-refractivity contribution is 0.0715. The van der Waals surface area contributed by atoms with Gasteiger partial charge in [-0.2, -0.15) is 5.10 Å². The van der Waals surface area contributed by atoms with Crippen molar-refractivity contribution in [3.63, 3.8) is 0 Å². The molecule has 0 radical (unpaired) electrons. The molecular formula is C20H28N4O2. The molecule has 1 aliphatic heterocycles. The summed E-state index contributed by atoms with van der Waals surface area (Å²) < 4.78 is 7.42. The molecule has 1 saturated heterocycles. The maximum absolute atomic E-state index is 13.0. The molecule has 2 aromatic heterocycles. The number of hydrogen-bond acceptors (Lipinski definition) is 4. The summed E-state index contributed by atoms with van der Waals surface area (Å²) in [5.41, 5.74) is 3.07. The van der Waals surface area contributed by atoms with Crippen LogP contribution in [0.5, 0.6) is 0 Å². The molecule has 4 rings (SSSR count). The quantitative estimate of drug-likeness (QED) is 0.845. The van der Waals surface area contributed by atoms with E-state index in [1.807, 2.05) is 28.8 Å². The maximum Gasteiger partial charge on any atom is 0.274 e. The average molecular weight is 356 g/mol. The third kappa shape index (κ3) is 3.30. The van der Waals surface area contributed by atoms with Crippen molar-refractivity contribution in [3.05, 3.63) is 41.1 Å². The average Bonchev–Trinajstić information content (AvgIpc) is 3.29. The van der Waals surface area contributed by atoms with Crippen LogP contribution in [0.25, 0.3) is 0 Å². The van der Waals surface area contributed by atoms with E-state index in [1.165, 1.54) is 12.1 Å². The first-order valence-corrected chi connectivity index (χ1v) is 9.70. The molecule has 2 aromatic rings. The van der Waals surface area contributed by atoms with E-state index in [2.05, 4.69) is 17.0 Å². The van der Waals surface area contributed by atoms with Crippen LogP contribution in [0.1, 0.15) is 53.2 Å². The molecule has 6 nitrogen and oxygen atoms in total. The summed E-state index contributed by atoms with van der Waals surface area (Å²) in [4.78, 5) is 17.4. The van der Waals surface area contributed by atoms with Gasteiger partial charge in [-0.3, -0.25) is 14.4 Å². The van der Waals surface area contributed by atoms with Crippen LogP contribution in [0, 0.1) is 0 Å². The molecule has 0 aromatic carbocycles. The second kappa shape index (κ2) is 7.27. The number of fused-ring (bicyclic) bond motifs is 1. The van der Waals surface area contributed by atoms with Gasteiger partial charge >= 0.3 is 0 Å². The minimum atomic E-state index is 0.121. The van der Waals surface area contributed by atoms with Gasteiger partial charge in [-0.1, -0.05) is 0 Å². The molecular weight excluding hydrogens is 328 g/mol. The summed E-state index contributed by atoms with van der Waals surface area (Å²) in [7, 11) is 4.11. The zero-order valence-electron chi connectivity index (χ0n) is 15.8. The summed E-state index contributed by atoms with van der Waals surface area (Å²) in [6.45, 7) is 2.53. The number of aromatic nitrogens is 2. The third-order valence-electron chi connectivity index (χ3n) is 5.88. The van der Waals surface area contributed by atoms with E-state index in [4.69, 9.17) is 4.42 Å². The molecule has 0 saturated carbocycles. The van der Waals surface area contributed by atoms with Crippen LogP contribution in [0.15, 0.2) is 22.8 Å². The highest BCUT2D eigenvalue weighted by atomic mass is 16.3. The summed E-state index contributed by atoms with van der Waals surface area (Å²) in [5, 5.41) is 4.63. The Balaban J connectivity index is 1.52. The van der Waals surface area contributed by atoms with Gasteiger partial charge in [0.15, 0.2) is 5.69 Å². The van der Waals surface area contributed by atoms with E-state index in [0.29, 0.717) is 11.7 Å². The van der Waals surface area contributed by atoms with Gasteiger partial charge in [0.2, 0.25) is 0 Å². The van der Waals surface area contributed by atoms with Gasteiger partial charge in [0, 0.05) is 37.4 Å².